The molecule has 8 heteroatoms. The molecule has 2 aromatic heterocycles. The Labute approximate surface area is 145 Å². The Bertz CT molecular complexity index is 753. The van der Waals surface area contributed by atoms with Crippen molar-refractivity contribution in [1.82, 2.24) is 15.0 Å². The molecule has 5 nitrogen and oxygen atoms in total. The second kappa shape index (κ2) is 6.09. The maximum absolute atomic E-state index is 14.5. The summed E-state index contributed by atoms with van der Waals surface area (Å²) in [6.07, 6.45) is 3.02. The molecule has 2 aromatic rings. The van der Waals surface area contributed by atoms with Crippen LogP contribution in [0.15, 0.2) is 24.1 Å². The maximum Gasteiger partial charge on any atom is 0.525 e. The summed E-state index contributed by atoms with van der Waals surface area (Å²) in [6.45, 7) is 10.2. The molecule has 1 aliphatic heterocycles. The highest BCUT2D eigenvalue weighted by Gasteiger charge is 2.53. The van der Waals surface area contributed by atoms with Crippen molar-refractivity contribution >= 4 is 24.5 Å². The zero-order valence-electron chi connectivity index (χ0n) is 14.5. The van der Waals surface area contributed by atoms with Crippen LogP contribution in [0, 0.1) is 6.92 Å². The molecule has 0 bridgehead atoms. The molecule has 3 rings (SSSR count). The number of thiophene rings is 1. The fraction of sp³-hybridized carbons (Fsp3) is 0.500. The van der Waals surface area contributed by atoms with E-state index in [2.05, 4.69) is 29.4 Å². The minimum absolute atomic E-state index is 0.440. The van der Waals surface area contributed by atoms with Gasteiger partial charge in [0.1, 0.15) is 11.4 Å². The lowest BCUT2D eigenvalue weighted by atomic mass is 9.87. The highest BCUT2D eigenvalue weighted by molar-refractivity contribution is 7.11. The first kappa shape index (κ1) is 17.3. The average molecular weight is 349 g/mol. The SMILES string of the molecule is Cc1ccc(Cn2cc(C=C(F)B3OC(C)(C)C(C)(C)O3)nn2)s1. The molecule has 0 unspecified atom stereocenters. The van der Waals surface area contributed by atoms with E-state index in [1.807, 2.05) is 27.7 Å². The van der Waals surface area contributed by atoms with Crippen LogP contribution in [0.2, 0.25) is 0 Å². The van der Waals surface area contributed by atoms with Gasteiger partial charge in [-0.2, -0.15) is 0 Å². The fourth-order valence-electron chi connectivity index (χ4n) is 2.35. The minimum Gasteiger partial charge on any atom is -0.398 e. The van der Waals surface area contributed by atoms with Gasteiger partial charge in [0.15, 0.2) is 0 Å². The molecule has 0 amide bonds. The van der Waals surface area contributed by atoms with Crippen molar-refractivity contribution in [2.45, 2.75) is 52.4 Å². The zero-order valence-corrected chi connectivity index (χ0v) is 15.4. The molecule has 24 heavy (non-hydrogen) atoms. The molecule has 0 radical (unpaired) electrons. The molecule has 128 valence electrons. The lowest BCUT2D eigenvalue weighted by Crippen LogP contribution is -2.41. The van der Waals surface area contributed by atoms with E-state index in [1.54, 1.807) is 22.2 Å². The Morgan fingerprint density at radius 2 is 1.96 bits per heavy atom. The van der Waals surface area contributed by atoms with Crippen molar-refractivity contribution in [3.63, 3.8) is 0 Å². The molecule has 1 aliphatic rings. The molecular formula is C16H21BFN3O2S. The lowest BCUT2D eigenvalue weighted by molar-refractivity contribution is 0.00578. The van der Waals surface area contributed by atoms with E-state index in [1.165, 1.54) is 15.8 Å². The van der Waals surface area contributed by atoms with E-state index in [4.69, 9.17) is 9.31 Å². The Morgan fingerprint density at radius 1 is 1.29 bits per heavy atom. The van der Waals surface area contributed by atoms with Gasteiger partial charge >= 0.3 is 7.12 Å². The van der Waals surface area contributed by atoms with Crippen molar-refractivity contribution in [1.29, 1.82) is 0 Å². The Hall–Kier alpha value is -1.51. The van der Waals surface area contributed by atoms with Gasteiger partial charge in [-0.05, 0) is 52.8 Å². The van der Waals surface area contributed by atoms with Gasteiger partial charge in [0.2, 0.25) is 0 Å². The van der Waals surface area contributed by atoms with Crippen LogP contribution in [-0.2, 0) is 15.9 Å². The molecule has 0 spiro atoms. The fourth-order valence-corrected chi connectivity index (χ4v) is 3.23. The van der Waals surface area contributed by atoms with Gasteiger partial charge in [-0.1, -0.05) is 5.21 Å². The smallest absolute Gasteiger partial charge is 0.398 e. The van der Waals surface area contributed by atoms with E-state index in [0.29, 0.717) is 12.2 Å². The van der Waals surface area contributed by atoms with Crippen molar-refractivity contribution in [2.75, 3.05) is 0 Å². The minimum atomic E-state index is -1.01. The maximum atomic E-state index is 14.5. The van der Waals surface area contributed by atoms with Gasteiger partial charge in [0.05, 0.1) is 23.9 Å². The Balaban J connectivity index is 1.70. The number of aryl methyl sites for hydroxylation is 1. The van der Waals surface area contributed by atoms with Crippen molar-refractivity contribution in [2.24, 2.45) is 0 Å². The van der Waals surface area contributed by atoms with Crippen LogP contribution in [0.25, 0.3) is 6.08 Å². The molecule has 0 saturated carbocycles. The number of nitrogens with zero attached hydrogens (tertiary/aromatic N) is 3. The van der Waals surface area contributed by atoms with E-state index in [-0.39, 0.29) is 0 Å². The van der Waals surface area contributed by atoms with E-state index < -0.39 is 24.0 Å². The van der Waals surface area contributed by atoms with Gasteiger partial charge in [0.25, 0.3) is 0 Å². The molecule has 0 aromatic carbocycles. The Kier molecular flexibility index (Phi) is 4.40. The average Bonchev–Trinajstić information content (AvgIpc) is 3.11. The van der Waals surface area contributed by atoms with E-state index >= 15 is 0 Å². The van der Waals surface area contributed by atoms with E-state index in [0.717, 1.165) is 0 Å². The van der Waals surface area contributed by atoms with Gasteiger partial charge in [-0.25, -0.2) is 9.07 Å². The molecule has 1 saturated heterocycles. The summed E-state index contributed by atoms with van der Waals surface area (Å²) in [6, 6.07) is 4.12. The highest BCUT2D eigenvalue weighted by atomic mass is 32.1. The molecular weight excluding hydrogens is 328 g/mol. The van der Waals surface area contributed by atoms with Crippen molar-refractivity contribution in [3.05, 3.63) is 39.5 Å². The summed E-state index contributed by atoms with van der Waals surface area (Å²) >= 11 is 1.71. The van der Waals surface area contributed by atoms with Crippen LogP contribution in [0.3, 0.4) is 0 Å². The monoisotopic (exact) mass is 349 g/mol. The van der Waals surface area contributed by atoms with Crippen LogP contribution in [0.1, 0.15) is 43.1 Å². The number of aromatic nitrogens is 3. The van der Waals surface area contributed by atoms with Gasteiger partial charge < -0.3 is 9.31 Å². The van der Waals surface area contributed by atoms with Gasteiger partial charge in [-0.15, -0.1) is 16.4 Å². The van der Waals surface area contributed by atoms with Crippen LogP contribution in [0.4, 0.5) is 4.39 Å². The molecule has 3 heterocycles. The Morgan fingerprint density at radius 3 is 2.54 bits per heavy atom. The number of rotatable bonds is 4. The third kappa shape index (κ3) is 3.45. The number of hydrogen-bond acceptors (Lipinski definition) is 5. The van der Waals surface area contributed by atoms with Gasteiger partial charge in [0, 0.05) is 9.75 Å². The summed E-state index contributed by atoms with van der Waals surface area (Å²) in [5, 5.41) is 8.03. The normalized spacial score (nSPS) is 19.9. The molecule has 0 atom stereocenters. The third-order valence-corrected chi connectivity index (χ3v) is 5.42. The van der Waals surface area contributed by atoms with Crippen LogP contribution in [0.5, 0.6) is 0 Å². The summed E-state index contributed by atoms with van der Waals surface area (Å²) in [5.41, 5.74) is -1.21. The highest BCUT2D eigenvalue weighted by Crippen LogP contribution is 2.38. The predicted molar refractivity (Wildman–Crippen MR) is 93.3 cm³/mol. The summed E-state index contributed by atoms with van der Waals surface area (Å²) in [7, 11) is -1.01. The first-order valence-electron chi connectivity index (χ1n) is 7.84. The van der Waals surface area contributed by atoms with Crippen LogP contribution in [-0.4, -0.2) is 33.3 Å². The molecule has 1 fully saturated rings. The van der Waals surface area contributed by atoms with Crippen molar-refractivity contribution in [3.8, 4) is 0 Å². The van der Waals surface area contributed by atoms with Gasteiger partial charge in [-0.3, -0.25) is 0 Å². The lowest BCUT2D eigenvalue weighted by Gasteiger charge is -2.32. The van der Waals surface area contributed by atoms with Crippen LogP contribution >= 0.6 is 11.3 Å². The van der Waals surface area contributed by atoms with Crippen LogP contribution < -0.4 is 0 Å². The van der Waals surface area contributed by atoms with E-state index in [9.17, 15) is 4.39 Å². The zero-order chi connectivity index (χ0) is 17.5. The molecule has 0 aliphatic carbocycles. The summed E-state index contributed by atoms with van der Waals surface area (Å²) in [5.74, 6) is 0. The summed E-state index contributed by atoms with van der Waals surface area (Å²) in [4.78, 5) is 2.43. The largest absolute Gasteiger partial charge is 0.525 e. The predicted octanol–water partition coefficient (Wildman–Crippen LogP) is 3.64. The topological polar surface area (TPSA) is 49.2 Å². The quantitative estimate of drug-likeness (QED) is 0.791. The number of hydrogen-bond donors (Lipinski definition) is 0. The summed E-state index contributed by atoms with van der Waals surface area (Å²) < 4.78 is 27.5. The number of halogens is 1. The first-order chi connectivity index (χ1) is 11.2. The standard InChI is InChI=1S/C16H21BFN3O2S/c1-11-6-7-13(24-11)10-21-9-12(19-20-21)8-14(18)17-22-15(2,3)16(4,5)23-17/h6-9H,10H2,1-5H3. The molecule has 0 N–H and O–H groups in total. The second-order valence-corrected chi connectivity index (χ2v) is 8.34. The van der Waals surface area contributed by atoms with Crippen molar-refractivity contribution < 1.29 is 13.7 Å². The third-order valence-electron chi connectivity index (χ3n) is 4.43. The second-order valence-electron chi connectivity index (χ2n) is 6.97. The first-order valence-corrected chi connectivity index (χ1v) is 8.66.